The molecule has 3 aromatic rings. The van der Waals surface area contributed by atoms with Crippen molar-refractivity contribution in [2.75, 3.05) is 0 Å². The molecule has 1 aromatic carbocycles. The van der Waals surface area contributed by atoms with Gasteiger partial charge in [0.25, 0.3) is 0 Å². The van der Waals surface area contributed by atoms with E-state index in [2.05, 4.69) is 9.97 Å². The number of carboxylic acid groups (broad SMARTS) is 1. The quantitative estimate of drug-likeness (QED) is 0.743. The van der Waals surface area contributed by atoms with Gasteiger partial charge in [-0.15, -0.1) is 0 Å². The molecule has 0 aliphatic rings. The molecule has 0 bridgehead atoms. The lowest BCUT2D eigenvalue weighted by atomic mass is 10.1. The number of nitrogens with zero attached hydrogens (tertiary/aromatic N) is 3. The molecule has 2 aromatic heterocycles. The van der Waals surface area contributed by atoms with E-state index in [4.69, 9.17) is 5.11 Å². The number of carbonyl (C=O) groups is 1. The summed E-state index contributed by atoms with van der Waals surface area (Å²) in [4.78, 5) is 19.2. The van der Waals surface area contributed by atoms with E-state index in [0.717, 1.165) is 16.9 Å². The number of carboxylic acids is 1. The third kappa shape index (κ3) is 1.62. The zero-order chi connectivity index (χ0) is 12.5. The second kappa shape index (κ2) is 3.96. The average Bonchev–Trinajstić information content (AvgIpc) is 2.82. The molecular weight excluding hydrogens is 230 g/mol. The first kappa shape index (κ1) is 10.5. The van der Waals surface area contributed by atoms with Crippen LogP contribution in [0.2, 0.25) is 0 Å². The van der Waals surface area contributed by atoms with Crippen molar-refractivity contribution < 1.29 is 9.90 Å². The summed E-state index contributed by atoms with van der Waals surface area (Å²) >= 11 is 0. The summed E-state index contributed by atoms with van der Waals surface area (Å²) in [5.41, 5.74) is 2.65. The Labute approximate surface area is 102 Å². The lowest BCUT2D eigenvalue weighted by Crippen LogP contribution is -1.96. The fourth-order valence-electron chi connectivity index (χ4n) is 1.87. The van der Waals surface area contributed by atoms with Crippen LogP contribution in [0.3, 0.4) is 0 Å². The molecule has 0 atom stereocenters. The molecular formula is C13H9N3O2. The average molecular weight is 239 g/mol. The van der Waals surface area contributed by atoms with E-state index >= 15 is 0 Å². The first-order valence-electron chi connectivity index (χ1n) is 5.36. The Morgan fingerprint density at radius 2 is 2.17 bits per heavy atom. The predicted octanol–water partition coefficient (Wildman–Crippen LogP) is 2.09. The maximum Gasteiger partial charge on any atom is 0.335 e. The van der Waals surface area contributed by atoms with Gasteiger partial charge in [-0.2, -0.15) is 0 Å². The Morgan fingerprint density at radius 3 is 3.00 bits per heavy atom. The molecule has 5 heteroatoms. The van der Waals surface area contributed by atoms with Crippen LogP contribution in [-0.2, 0) is 0 Å². The molecule has 0 amide bonds. The molecule has 0 saturated heterocycles. The van der Waals surface area contributed by atoms with E-state index in [1.165, 1.54) is 0 Å². The Kier molecular flexibility index (Phi) is 2.30. The van der Waals surface area contributed by atoms with Gasteiger partial charge in [0.05, 0.1) is 23.7 Å². The standard InChI is InChI=1S/C13H9N3O2/c17-13(18)10-3-1-2-9(6-10)11-7-15-12-8-14-4-5-16(11)12/h1-8H,(H,17,18). The fourth-order valence-corrected chi connectivity index (χ4v) is 1.87. The van der Waals surface area contributed by atoms with E-state index in [-0.39, 0.29) is 5.56 Å². The maximum absolute atomic E-state index is 11.0. The van der Waals surface area contributed by atoms with E-state index in [1.54, 1.807) is 43.0 Å². The van der Waals surface area contributed by atoms with Crippen molar-refractivity contribution in [3.05, 3.63) is 54.6 Å². The Morgan fingerprint density at radius 1 is 1.28 bits per heavy atom. The summed E-state index contributed by atoms with van der Waals surface area (Å²) < 4.78 is 1.87. The minimum Gasteiger partial charge on any atom is -0.478 e. The van der Waals surface area contributed by atoms with Crippen molar-refractivity contribution in [1.82, 2.24) is 14.4 Å². The number of benzene rings is 1. The van der Waals surface area contributed by atoms with Gasteiger partial charge in [0.1, 0.15) is 0 Å². The largest absolute Gasteiger partial charge is 0.478 e. The van der Waals surface area contributed by atoms with Gasteiger partial charge in [0.2, 0.25) is 0 Å². The van der Waals surface area contributed by atoms with Crippen LogP contribution in [0.25, 0.3) is 16.9 Å². The summed E-state index contributed by atoms with van der Waals surface area (Å²) in [6, 6.07) is 6.78. The van der Waals surface area contributed by atoms with Crippen molar-refractivity contribution in [3.8, 4) is 11.3 Å². The molecule has 0 aliphatic heterocycles. The highest BCUT2D eigenvalue weighted by Crippen LogP contribution is 2.21. The van der Waals surface area contributed by atoms with Crippen LogP contribution in [0, 0.1) is 0 Å². The highest BCUT2D eigenvalue weighted by Gasteiger charge is 2.08. The smallest absolute Gasteiger partial charge is 0.335 e. The number of imidazole rings is 1. The SMILES string of the molecule is O=C(O)c1cccc(-c2cnc3cnccn23)c1. The predicted molar refractivity (Wildman–Crippen MR) is 65.4 cm³/mol. The van der Waals surface area contributed by atoms with E-state index in [1.807, 2.05) is 10.5 Å². The maximum atomic E-state index is 11.0. The first-order chi connectivity index (χ1) is 8.75. The molecule has 0 fully saturated rings. The number of aromatic carboxylic acids is 1. The van der Waals surface area contributed by atoms with Crippen molar-refractivity contribution in [1.29, 1.82) is 0 Å². The van der Waals surface area contributed by atoms with Crippen LogP contribution in [-0.4, -0.2) is 25.4 Å². The van der Waals surface area contributed by atoms with E-state index in [9.17, 15) is 4.79 Å². The van der Waals surface area contributed by atoms with E-state index in [0.29, 0.717) is 0 Å². The molecule has 0 radical (unpaired) electrons. The second-order valence-corrected chi connectivity index (χ2v) is 3.83. The summed E-state index contributed by atoms with van der Waals surface area (Å²) in [5, 5.41) is 8.99. The third-order valence-corrected chi connectivity index (χ3v) is 2.72. The Hall–Kier alpha value is -2.69. The molecule has 0 unspecified atom stereocenters. The zero-order valence-electron chi connectivity index (χ0n) is 9.32. The van der Waals surface area contributed by atoms with Gasteiger partial charge in [0.15, 0.2) is 5.65 Å². The lowest BCUT2D eigenvalue weighted by molar-refractivity contribution is 0.0697. The minimum absolute atomic E-state index is 0.261. The number of hydrogen-bond donors (Lipinski definition) is 1. The van der Waals surface area contributed by atoms with E-state index < -0.39 is 5.97 Å². The van der Waals surface area contributed by atoms with Gasteiger partial charge < -0.3 is 5.11 Å². The molecule has 0 spiro atoms. The van der Waals surface area contributed by atoms with Gasteiger partial charge >= 0.3 is 5.97 Å². The molecule has 2 heterocycles. The van der Waals surface area contributed by atoms with Gasteiger partial charge in [-0.05, 0) is 12.1 Å². The topological polar surface area (TPSA) is 67.5 Å². The molecule has 0 aliphatic carbocycles. The molecule has 88 valence electrons. The normalized spacial score (nSPS) is 10.7. The van der Waals surface area contributed by atoms with Crippen molar-refractivity contribution in [2.24, 2.45) is 0 Å². The fraction of sp³-hybridized carbons (Fsp3) is 0. The van der Waals surface area contributed by atoms with Crippen LogP contribution in [0.5, 0.6) is 0 Å². The highest BCUT2D eigenvalue weighted by atomic mass is 16.4. The second-order valence-electron chi connectivity index (χ2n) is 3.83. The number of hydrogen-bond acceptors (Lipinski definition) is 3. The summed E-state index contributed by atoms with van der Waals surface area (Å²) in [6.07, 6.45) is 6.83. The Balaban J connectivity index is 2.20. The van der Waals surface area contributed by atoms with Gasteiger partial charge in [-0.1, -0.05) is 12.1 Å². The molecule has 5 nitrogen and oxygen atoms in total. The minimum atomic E-state index is -0.938. The van der Waals surface area contributed by atoms with Gasteiger partial charge in [-0.3, -0.25) is 9.38 Å². The summed E-state index contributed by atoms with van der Waals surface area (Å²) in [6.45, 7) is 0. The van der Waals surface area contributed by atoms with Gasteiger partial charge in [0, 0.05) is 18.0 Å². The molecule has 18 heavy (non-hydrogen) atoms. The Bertz CT molecular complexity index is 734. The van der Waals surface area contributed by atoms with Crippen LogP contribution in [0.1, 0.15) is 10.4 Å². The molecule has 1 N–H and O–H groups in total. The van der Waals surface area contributed by atoms with Crippen LogP contribution in [0.4, 0.5) is 0 Å². The van der Waals surface area contributed by atoms with Crippen LogP contribution >= 0.6 is 0 Å². The number of rotatable bonds is 2. The lowest BCUT2D eigenvalue weighted by Gasteiger charge is -2.02. The van der Waals surface area contributed by atoms with Crippen LogP contribution in [0.15, 0.2) is 49.1 Å². The van der Waals surface area contributed by atoms with Crippen molar-refractivity contribution >= 4 is 11.6 Å². The van der Waals surface area contributed by atoms with Crippen LogP contribution < -0.4 is 0 Å². The van der Waals surface area contributed by atoms with Gasteiger partial charge in [-0.25, -0.2) is 9.78 Å². The van der Waals surface area contributed by atoms with Crippen molar-refractivity contribution in [3.63, 3.8) is 0 Å². The summed E-state index contributed by atoms with van der Waals surface area (Å²) in [7, 11) is 0. The number of aromatic nitrogens is 3. The molecule has 0 saturated carbocycles. The molecule has 3 rings (SSSR count). The number of fused-ring (bicyclic) bond motifs is 1. The third-order valence-electron chi connectivity index (χ3n) is 2.72. The monoisotopic (exact) mass is 239 g/mol. The zero-order valence-corrected chi connectivity index (χ0v) is 9.32. The van der Waals surface area contributed by atoms with Crippen molar-refractivity contribution in [2.45, 2.75) is 0 Å². The highest BCUT2D eigenvalue weighted by molar-refractivity contribution is 5.89. The first-order valence-corrected chi connectivity index (χ1v) is 5.36. The summed E-state index contributed by atoms with van der Waals surface area (Å²) in [5.74, 6) is -0.938.